The van der Waals surface area contributed by atoms with Gasteiger partial charge in [0.15, 0.2) is 5.60 Å². The van der Waals surface area contributed by atoms with Gasteiger partial charge in [-0.15, -0.1) is 0 Å². The standard InChI is InChI=1S/C28H37F3N2O3/c1-32(18-19-34)25(35)27(14-8-24(9-15-27)23-6-3-2-4-7-23)36-20-22-10-16-33(17-11-22)21-26(12-5-13-26)28(29,30)31/h2-4,6-9,14,22,34H,5,10-13,15-21H2,1H3. The van der Waals surface area contributed by atoms with Gasteiger partial charge in [-0.2, -0.15) is 13.2 Å². The summed E-state index contributed by atoms with van der Waals surface area (Å²) in [6.07, 6.45) is 4.61. The van der Waals surface area contributed by atoms with Crippen LogP contribution in [0, 0.1) is 11.3 Å². The molecule has 1 N–H and O–H groups in total. The third kappa shape index (κ3) is 5.71. The van der Waals surface area contributed by atoms with Gasteiger partial charge in [-0.25, -0.2) is 0 Å². The number of alkyl halides is 3. The first-order chi connectivity index (χ1) is 17.2. The molecule has 3 aliphatic rings. The monoisotopic (exact) mass is 506 g/mol. The molecule has 4 rings (SSSR count). The highest BCUT2D eigenvalue weighted by molar-refractivity contribution is 5.90. The van der Waals surface area contributed by atoms with E-state index in [2.05, 4.69) is 0 Å². The van der Waals surface area contributed by atoms with Crippen molar-refractivity contribution in [1.29, 1.82) is 0 Å². The molecule has 0 radical (unpaired) electrons. The molecule has 0 bridgehead atoms. The van der Waals surface area contributed by atoms with Crippen LogP contribution in [0.1, 0.15) is 44.1 Å². The molecule has 198 valence electrons. The van der Waals surface area contributed by atoms with Crippen LogP contribution in [0.4, 0.5) is 13.2 Å². The number of amides is 1. The second kappa shape index (κ2) is 11.1. The van der Waals surface area contributed by atoms with E-state index >= 15 is 0 Å². The number of aliphatic hydroxyl groups is 1. The van der Waals surface area contributed by atoms with E-state index in [1.165, 1.54) is 4.90 Å². The normalized spacial score (nSPS) is 24.8. The maximum atomic E-state index is 13.6. The van der Waals surface area contributed by atoms with E-state index in [1.54, 1.807) is 7.05 Å². The molecule has 1 unspecified atom stereocenters. The summed E-state index contributed by atoms with van der Waals surface area (Å²) in [6, 6.07) is 9.93. The van der Waals surface area contributed by atoms with Crippen molar-refractivity contribution in [2.24, 2.45) is 11.3 Å². The number of hydrogen-bond acceptors (Lipinski definition) is 4. The number of aliphatic hydroxyl groups excluding tert-OH is 1. The van der Waals surface area contributed by atoms with E-state index in [0.29, 0.717) is 32.5 Å². The van der Waals surface area contributed by atoms with Crippen molar-refractivity contribution >= 4 is 11.5 Å². The zero-order valence-electron chi connectivity index (χ0n) is 21.0. The molecule has 1 saturated carbocycles. The van der Waals surface area contributed by atoms with Crippen molar-refractivity contribution in [3.8, 4) is 0 Å². The minimum atomic E-state index is -4.14. The van der Waals surface area contributed by atoms with Crippen LogP contribution < -0.4 is 0 Å². The summed E-state index contributed by atoms with van der Waals surface area (Å²) < 4.78 is 47.1. The molecule has 5 nitrogen and oxygen atoms in total. The number of hydrogen-bond donors (Lipinski definition) is 1. The van der Waals surface area contributed by atoms with Crippen molar-refractivity contribution in [3.63, 3.8) is 0 Å². The quantitative estimate of drug-likeness (QED) is 0.529. The van der Waals surface area contributed by atoms with Crippen molar-refractivity contribution in [1.82, 2.24) is 9.80 Å². The molecule has 2 aliphatic carbocycles. The lowest BCUT2D eigenvalue weighted by molar-refractivity contribution is -0.256. The Morgan fingerprint density at radius 3 is 2.42 bits per heavy atom. The molecule has 0 aromatic heterocycles. The first-order valence-corrected chi connectivity index (χ1v) is 12.9. The molecule has 8 heteroatoms. The number of benzene rings is 1. The highest BCUT2D eigenvalue weighted by atomic mass is 19.4. The van der Waals surface area contributed by atoms with Gasteiger partial charge in [0.05, 0.1) is 18.6 Å². The molecule has 1 amide bonds. The Bertz CT molecular complexity index is 951. The molecule has 36 heavy (non-hydrogen) atoms. The predicted molar refractivity (Wildman–Crippen MR) is 133 cm³/mol. The van der Waals surface area contributed by atoms with Crippen LogP contribution in [-0.2, 0) is 9.53 Å². The molecule has 0 spiro atoms. The second-order valence-corrected chi connectivity index (χ2v) is 10.6. The summed E-state index contributed by atoms with van der Waals surface area (Å²) >= 11 is 0. The molecule has 1 aromatic carbocycles. The van der Waals surface area contributed by atoms with Crippen molar-refractivity contribution in [2.75, 3.05) is 46.4 Å². The van der Waals surface area contributed by atoms with Crippen LogP contribution in [0.5, 0.6) is 0 Å². The Kier molecular flexibility index (Phi) is 8.27. The number of ether oxygens (including phenoxy) is 1. The maximum absolute atomic E-state index is 13.6. The van der Waals surface area contributed by atoms with E-state index in [1.807, 2.05) is 53.5 Å². The van der Waals surface area contributed by atoms with Crippen LogP contribution in [0.3, 0.4) is 0 Å². The Morgan fingerprint density at radius 2 is 1.89 bits per heavy atom. The summed E-state index contributed by atoms with van der Waals surface area (Å²) in [5, 5.41) is 9.33. The van der Waals surface area contributed by atoms with Gasteiger partial charge >= 0.3 is 6.18 Å². The SMILES string of the molecule is CN(CCO)C(=O)C1(OCC2CCN(CC3(C(F)(F)F)CCC3)CC2)C=CC(c2ccccc2)=CC1. The Labute approximate surface area is 211 Å². The predicted octanol–water partition coefficient (Wildman–Crippen LogP) is 4.68. The second-order valence-electron chi connectivity index (χ2n) is 10.6. The Morgan fingerprint density at radius 1 is 1.19 bits per heavy atom. The number of nitrogens with zero attached hydrogens (tertiary/aromatic N) is 2. The molecule has 1 heterocycles. The molecule has 1 aliphatic heterocycles. The minimum Gasteiger partial charge on any atom is -0.395 e. The topological polar surface area (TPSA) is 53.0 Å². The molecule has 1 saturated heterocycles. The average Bonchev–Trinajstić information content (AvgIpc) is 2.85. The van der Waals surface area contributed by atoms with Crippen molar-refractivity contribution in [2.45, 2.75) is 50.3 Å². The van der Waals surface area contributed by atoms with Gasteiger partial charge < -0.3 is 19.6 Å². The minimum absolute atomic E-state index is 0.0915. The number of likely N-dealkylation sites (tertiary alicyclic amines) is 1. The first-order valence-electron chi connectivity index (χ1n) is 12.9. The zero-order valence-corrected chi connectivity index (χ0v) is 21.0. The number of carbonyl (C=O) groups excluding carboxylic acids is 1. The van der Waals surface area contributed by atoms with Gasteiger partial charge in [-0.3, -0.25) is 4.79 Å². The molecule has 1 aromatic rings. The summed E-state index contributed by atoms with van der Waals surface area (Å²) in [6.45, 7) is 1.78. The van der Waals surface area contributed by atoms with E-state index in [0.717, 1.165) is 24.0 Å². The van der Waals surface area contributed by atoms with E-state index in [-0.39, 0.29) is 44.4 Å². The smallest absolute Gasteiger partial charge is 0.395 e. The first kappa shape index (κ1) is 26.9. The third-order valence-corrected chi connectivity index (χ3v) is 8.13. The number of carbonyl (C=O) groups is 1. The van der Waals surface area contributed by atoms with E-state index in [4.69, 9.17) is 4.74 Å². The van der Waals surface area contributed by atoms with Crippen molar-refractivity contribution in [3.05, 3.63) is 54.1 Å². The average molecular weight is 507 g/mol. The molecular formula is C28H37F3N2O3. The summed E-state index contributed by atoms with van der Waals surface area (Å²) in [5.41, 5.74) is -0.588. The Hall–Kier alpha value is -2.16. The van der Waals surface area contributed by atoms with Gasteiger partial charge in [-0.05, 0) is 61.9 Å². The summed E-state index contributed by atoms with van der Waals surface area (Å²) in [4.78, 5) is 16.8. The Balaban J connectivity index is 1.37. The van der Waals surface area contributed by atoms with Crippen LogP contribution in [0.25, 0.3) is 5.57 Å². The highest BCUT2D eigenvalue weighted by Gasteiger charge is 2.58. The van der Waals surface area contributed by atoms with Gasteiger partial charge in [0.1, 0.15) is 0 Å². The highest BCUT2D eigenvalue weighted by Crippen LogP contribution is 2.53. The lowest BCUT2D eigenvalue weighted by Gasteiger charge is -2.47. The zero-order chi connectivity index (χ0) is 25.8. The molecule has 2 fully saturated rings. The van der Waals surface area contributed by atoms with Gasteiger partial charge in [0, 0.05) is 26.6 Å². The van der Waals surface area contributed by atoms with Crippen LogP contribution in [0.2, 0.25) is 0 Å². The lowest BCUT2D eigenvalue weighted by atomic mass is 9.67. The fraction of sp³-hybridized carbons (Fsp3) is 0.607. The largest absolute Gasteiger partial charge is 0.395 e. The lowest BCUT2D eigenvalue weighted by Crippen LogP contribution is -2.53. The third-order valence-electron chi connectivity index (χ3n) is 8.13. The summed E-state index contributed by atoms with van der Waals surface area (Å²) in [7, 11) is 1.66. The van der Waals surface area contributed by atoms with Gasteiger partial charge in [0.25, 0.3) is 5.91 Å². The van der Waals surface area contributed by atoms with Gasteiger partial charge in [0.2, 0.25) is 0 Å². The van der Waals surface area contributed by atoms with E-state index < -0.39 is 17.2 Å². The van der Waals surface area contributed by atoms with E-state index in [9.17, 15) is 23.1 Å². The summed E-state index contributed by atoms with van der Waals surface area (Å²) in [5.74, 6) is -0.0177. The number of allylic oxidation sites excluding steroid dienone is 2. The molecular weight excluding hydrogens is 469 g/mol. The molecule has 1 atom stereocenters. The fourth-order valence-electron chi connectivity index (χ4n) is 5.51. The number of likely N-dealkylation sites (N-methyl/N-ethyl adjacent to an activating group) is 1. The fourth-order valence-corrected chi connectivity index (χ4v) is 5.51. The van der Waals surface area contributed by atoms with Crippen LogP contribution >= 0.6 is 0 Å². The van der Waals surface area contributed by atoms with Gasteiger partial charge in [-0.1, -0.05) is 48.9 Å². The number of piperidine rings is 1. The van der Waals surface area contributed by atoms with Crippen molar-refractivity contribution < 1.29 is 27.8 Å². The number of halogens is 3. The maximum Gasteiger partial charge on any atom is 0.395 e. The van der Waals surface area contributed by atoms with Crippen LogP contribution in [-0.4, -0.2) is 79.0 Å². The number of rotatable bonds is 9. The van der Waals surface area contributed by atoms with Crippen LogP contribution in [0.15, 0.2) is 48.6 Å².